The van der Waals surface area contributed by atoms with Gasteiger partial charge < -0.3 is 15.8 Å². The summed E-state index contributed by atoms with van der Waals surface area (Å²) in [6.45, 7) is 1.67. The van der Waals surface area contributed by atoms with Crippen molar-refractivity contribution in [2.45, 2.75) is 13.3 Å². The number of amides is 2. The molecule has 0 spiro atoms. The van der Waals surface area contributed by atoms with Crippen LogP contribution < -0.4 is 10.6 Å². The van der Waals surface area contributed by atoms with E-state index in [2.05, 4.69) is 15.8 Å². The Balaban J connectivity index is 3.84. The molecule has 0 rings (SSSR count). The van der Waals surface area contributed by atoms with Crippen LogP contribution in [0.5, 0.6) is 0 Å². The van der Waals surface area contributed by atoms with Crippen LogP contribution in [0.4, 0.5) is 0 Å². The van der Waals surface area contributed by atoms with Crippen molar-refractivity contribution in [3.05, 3.63) is 0 Å². The number of nitrogens with zero attached hydrogens (tertiary/aromatic N) is 1. The molecule has 0 radical (unpaired) electrons. The molecular formula is C6H11N3O3. The maximum atomic E-state index is 10.7. The molecule has 3 N–H and O–H groups in total. The van der Waals surface area contributed by atoms with Crippen LogP contribution in [0.3, 0.4) is 0 Å². The van der Waals surface area contributed by atoms with E-state index in [0.29, 0.717) is 12.8 Å². The summed E-state index contributed by atoms with van der Waals surface area (Å²) < 4.78 is 0. The number of oxime groups is 1. The minimum atomic E-state index is -0.268. The highest BCUT2D eigenvalue weighted by Crippen LogP contribution is 1.76. The van der Waals surface area contributed by atoms with Gasteiger partial charge in [0.2, 0.25) is 12.3 Å². The Kier molecular flexibility index (Phi) is 5.33. The van der Waals surface area contributed by atoms with Crippen molar-refractivity contribution in [2.75, 3.05) is 6.54 Å². The summed E-state index contributed by atoms with van der Waals surface area (Å²) in [4.78, 5) is 20.5. The van der Waals surface area contributed by atoms with Crippen LogP contribution in [0, 0.1) is 0 Å². The van der Waals surface area contributed by atoms with Crippen LogP contribution in [-0.4, -0.2) is 29.9 Å². The molecule has 0 atom stereocenters. The summed E-state index contributed by atoms with van der Waals surface area (Å²) >= 11 is 0. The number of rotatable bonds is 4. The van der Waals surface area contributed by atoms with Crippen molar-refractivity contribution < 1.29 is 14.8 Å². The van der Waals surface area contributed by atoms with E-state index < -0.39 is 0 Å². The molecule has 6 nitrogen and oxygen atoms in total. The summed E-state index contributed by atoms with van der Waals surface area (Å²) in [6, 6.07) is 0. The lowest BCUT2D eigenvalue weighted by Crippen LogP contribution is -2.37. The van der Waals surface area contributed by atoms with Gasteiger partial charge in [-0.25, -0.2) is 0 Å². The summed E-state index contributed by atoms with van der Waals surface area (Å²) in [5.41, 5.74) is 0. The molecule has 0 aromatic heterocycles. The monoisotopic (exact) mass is 173 g/mol. The first kappa shape index (κ1) is 10.4. The first-order valence-corrected chi connectivity index (χ1v) is 3.42. The van der Waals surface area contributed by atoms with E-state index in [4.69, 9.17) is 5.21 Å². The lowest BCUT2D eigenvalue weighted by molar-refractivity contribution is -0.119. The average Bonchev–Trinajstić information content (AvgIpc) is 2.11. The molecule has 12 heavy (non-hydrogen) atoms. The second-order valence-electron chi connectivity index (χ2n) is 1.95. The maximum Gasteiger partial charge on any atom is 0.225 e. The lowest BCUT2D eigenvalue weighted by Gasteiger charge is -2.03. The number of amidine groups is 1. The summed E-state index contributed by atoms with van der Waals surface area (Å²) in [5, 5.41) is 15.6. The van der Waals surface area contributed by atoms with Crippen LogP contribution >= 0.6 is 0 Å². The molecule has 0 bridgehead atoms. The van der Waals surface area contributed by atoms with Gasteiger partial charge in [0.05, 0.1) is 6.54 Å². The Hall–Kier alpha value is -1.59. The quantitative estimate of drug-likeness (QED) is 0.168. The average molecular weight is 173 g/mol. The van der Waals surface area contributed by atoms with Crippen molar-refractivity contribution in [3.63, 3.8) is 0 Å². The fourth-order valence-electron chi connectivity index (χ4n) is 0.492. The van der Waals surface area contributed by atoms with Crippen LogP contribution in [-0.2, 0) is 9.59 Å². The predicted molar refractivity (Wildman–Crippen MR) is 41.7 cm³/mol. The van der Waals surface area contributed by atoms with Crippen LogP contribution in [0.15, 0.2) is 5.16 Å². The number of hydrogen-bond acceptors (Lipinski definition) is 4. The third kappa shape index (κ3) is 4.26. The topological polar surface area (TPSA) is 90.8 Å². The molecular weight excluding hydrogens is 162 g/mol. The zero-order valence-electron chi connectivity index (χ0n) is 6.70. The lowest BCUT2D eigenvalue weighted by atomic mass is 10.4. The predicted octanol–water partition coefficient (Wildman–Crippen LogP) is -0.954. The van der Waals surface area contributed by atoms with Gasteiger partial charge in [-0.2, -0.15) is 0 Å². The van der Waals surface area contributed by atoms with E-state index in [-0.39, 0.29) is 18.3 Å². The first-order valence-electron chi connectivity index (χ1n) is 3.42. The Bertz CT molecular complexity index is 190. The molecule has 0 fully saturated rings. The Morgan fingerprint density at radius 1 is 1.67 bits per heavy atom. The molecule has 0 saturated heterocycles. The van der Waals surface area contributed by atoms with E-state index in [1.54, 1.807) is 6.92 Å². The summed E-state index contributed by atoms with van der Waals surface area (Å²) in [7, 11) is 0. The third-order valence-corrected chi connectivity index (χ3v) is 1.08. The normalized spacial score (nSPS) is 10.6. The van der Waals surface area contributed by atoms with Crippen LogP contribution in [0.2, 0.25) is 0 Å². The molecule has 0 aliphatic carbocycles. The van der Waals surface area contributed by atoms with Gasteiger partial charge in [-0.3, -0.25) is 9.59 Å². The maximum absolute atomic E-state index is 10.7. The van der Waals surface area contributed by atoms with E-state index in [1.807, 2.05) is 0 Å². The summed E-state index contributed by atoms with van der Waals surface area (Å²) in [5.74, 6) is -0.246. The minimum Gasteiger partial charge on any atom is -0.409 e. The van der Waals surface area contributed by atoms with Crippen molar-refractivity contribution in [1.82, 2.24) is 10.6 Å². The third-order valence-electron chi connectivity index (χ3n) is 1.08. The first-order chi connectivity index (χ1) is 5.74. The van der Waals surface area contributed by atoms with Gasteiger partial charge in [0.1, 0.15) is 0 Å². The molecule has 0 aliphatic heterocycles. The van der Waals surface area contributed by atoms with E-state index in [9.17, 15) is 9.59 Å². The molecule has 0 unspecified atom stereocenters. The van der Waals surface area contributed by atoms with Crippen molar-refractivity contribution in [3.8, 4) is 0 Å². The Labute approximate surface area is 69.6 Å². The zero-order chi connectivity index (χ0) is 9.40. The van der Waals surface area contributed by atoms with Gasteiger partial charge in [-0.1, -0.05) is 12.1 Å². The van der Waals surface area contributed by atoms with Crippen molar-refractivity contribution >= 4 is 18.2 Å². The largest absolute Gasteiger partial charge is 0.409 e. The zero-order valence-corrected chi connectivity index (χ0v) is 6.70. The number of hydrogen-bond donors (Lipinski definition) is 3. The molecule has 0 heterocycles. The minimum absolute atomic E-state index is 0.00569. The standard InChI is InChI=1S/C6H11N3O3/c1-2-6(11)8-5(9-12)3-7-4-10/h4,12H,2-3H2,1H3,(H,7,10)(H,8,9,11). The fraction of sp³-hybridized carbons (Fsp3) is 0.500. The van der Waals surface area contributed by atoms with Crippen LogP contribution in [0.25, 0.3) is 0 Å². The van der Waals surface area contributed by atoms with Crippen molar-refractivity contribution in [1.29, 1.82) is 0 Å². The molecule has 2 amide bonds. The molecule has 0 aliphatic rings. The molecule has 0 saturated carbocycles. The summed E-state index contributed by atoms with van der Waals surface area (Å²) in [6.07, 6.45) is 0.739. The van der Waals surface area contributed by atoms with E-state index in [1.165, 1.54) is 0 Å². The fourth-order valence-corrected chi connectivity index (χ4v) is 0.492. The van der Waals surface area contributed by atoms with Gasteiger partial charge in [0.25, 0.3) is 0 Å². The van der Waals surface area contributed by atoms with Gasteiger partial charge in [-0.05, 0) is 0 Å². The second kappa shape index (κ2) is 6.14. The van der Waals surface area contributed by atoms with E-state index >= 15 is 0 Å². The van der Waals surface area contributed by atoms with Gasteiger partial charge in [-0.15, -0.1) is 0 Å². The van der Waals surface area contributed by atoms with Gasteiger partial charge in [0.15, 0.2) is 5.84 Å². The second-order valence-corrected chi connectivity index (χ2v) is 1.95. The molecule has 0 aromatic rings. The van der Waals surface area contributed by atoms with E-state index in [0.717, 1.165) is 0 Å². The smallest absolute Gasteiger partial charge is 0.225 e. The van der Waals surface area contributed by atoms with Crippen molar-refractivity contribution in [2.24, 2.45) is 5.16 Å². The highest BCUT2D eigenvalue weighted by atomic mass is 16.4. The van der Waals surface area contributed by atoms with Gasteiger partial charge in [0, 0.05) is 6.42 Å². The van der Waals surface area contributed by atoms with Crippen LogP contribution in [0.1, 0.15) is 13.3 Å². The molecule has 6 heteroatoms. The molecule has 68 valence electrons. The number of nitrogens with one attached hydrogen (secondary N) is 2. The Morgan fingerprint density at radius 3 is 2.75 bits per heavy atom. The van der Waals surface area contributed by atoms with Gasteiger partial charge >= 0.3 is 0 Å². The highest BCUT2D eigenvalue weighted by Gasteiger charge is 2.02. The molecule has 0 aromatic carbocycles. The number of carbonyl (C=O) groups is 2. The highest BCUT2D eigenvalue weighted by molar-refractivity contribution is 5.99. The SMILES string of the molecule is CCC(=O)N/C(CNC=O)=N/O. The number of carbonyl (C=O) groups excluding carboxylic acids is 2. The Morgan fingerprint density at radius 2 is 2.33 bits per heavy atom.